The number of nitrogens with zero attached hydrogens (tertiary/aromatic N) is 3. The van der Waals surface area contributed by atoms with Crippen LogP contribution >= 0.6 is 24.2 Å². The second-order valence-electron chi connectivity index (χ2n) is 5.38. The van der Waals surface area contributed by atoms with Gasteiger partial charge in [0.2, 0.25) is 10.0 Å². The van der Waals surface area contributed by atoms with E-state index in [1.807, 2.05) is 36.2 Å². The Morgan fingerprint density at radius 3 is 2.75 bits per heavy atom. The van der Waals surface area contributed by atoms with E-state index in [9.17, 15) is 8.42 Å². The highest BCUT2D eigenvalue weighted by atomic mass is 35.5. The minimum atomic E-state index is -3.58. The molecule has 1 aromatic carbocycles. The quantitative estimate of drug-likeness (QED) is 0.810. The normalized spacial score (nSPS) is 19.0. The number of halogens is 1. The maximum atomic E-state index is 13.2. The zero-order valence-electron chi connectivity index (χ0n) is 13.5. The molecule has 2 aromatic rings. The Kier molecular flexibility index (Phi) is 6.33. The Bertz CT molecular complexity index is 794. The van der Waals surface area contributed by atoms with Crippen molar-refractivity contribution >= 4 is 34.2 Å². The van der Waals surface area contributed by atoms with Crippen molar-refractivity contribution in [3.05, 3.63) is 42.5 Å². The van der Waals surface area contributed by atoms with Crippen LogP contribution in [-0.2, 0) is 17.1 Å². The van der Waals surface area contributed by atoms with Gasteiger partial charge in [-0.15, -0.1) is 24.2 Å². The molecule has 1 N–H and O–H groups in total. The van der Waals surface area contributed by atoms with E-state index < -0.39 is 10.0 Å². The highest BCUT2D eigenvalue weighted by Crippen LogP contribution is 2.32. The first-order valence-corrected chi connectivity index (χ1v) is 10.0. The molecule has 1 aliphatic rings. The molecule has 0 amide bonds. The van der Waals surface area contributed by atoms with Gasteiger partial charge in [-0.2, -0.15) is 4.31 Å². The number of nitrogens with one attached hydrogen (secondary N) is 1. The number of thioether (sulfide) groups is 1. The Balaban J connectivity index is 0.00000208. The molecular weight excluding hydrogens is 368 g/mol. The molecule has 24 heavy (non-hydrogen) atoms. The Labute approximate surface area is 153 Å². The third-order valence-electron chi connectivity index (χ3n) is 4.01. The van der Waals surface area contributed by atoms with Crippen LogP contribution in [0.4, 0.5) is 0 Å². The summed E-state index contributed by atoms with van der Waals surface area (Å²) in [6, 6.07) is 6.85. The van der Waals surface area contributed by atoms with Crippen molar-refractivity contribution in [3.63, 3.8) is 0 Å². The van der Waals surface area contributed by atoms with E-state index in [1.54, 1.807) is 22.6 Å². The molecule has 1 aliphatic heterocycles. The first-order chi connectivity index (χ1) is 11.1. The predicted molar refractivity (Wildman–Crippen MR) is 98.2 cm³/mol. The van der Waals surface area contributed by atoms with E-state index >= 15 is 0 Å². The molecule has 0 saturated carbocycles. The van der Waals surface area contributed by atoms with Gasteiger partial charge < -0.3 is 9.88 Å². The molecule has 0 spiro atoms. The number of aromatic nitrogens is 2. The summed E-state index contributed by atoms with van der Waals surface area (Å²) in [6.45, 7) is 1.63. The summed E-state index contributed by atoms with van der Waals surface area (Å²) in [6.07, 6.45) is 5.43. The maximum absolute atomic E-state index is 13.2. The highest BCUT2D eigenvalue weighted by Gasteiger charge is 2.37. The summed E-state index contributed by atoms with van der Waals surface area (Å²) < 4.78 is 29.9. The highest BCUT2D eigenvalue weighted by molar-refractivity contribution is 7.99. The zero-order chi connectivity index (χ0) is 16.4. The van der Waals surface area contributed by atoms with Gasteiger partial charge in [0, 0.05) is 44.0 Å². The van der Waals surface area contributed by atoms with Crippen LogP contribution in [0.25, 0.3) is 0 Å². The number of hydrogen-bond acceptors (Lipinski definition) is 5. The standard InChI is InChI=1S/C15H20N4O2S2.ClH/c1-18-9-8-17-15(18)12-11-16-7-10-19(12)23(20,21)14-6-4-3-5-13(14)22-2;/h3-6,8-9,12,16H,7,10-11H2,1-2H3;1H. The van der Waals surface area contributed by atoms with Crippen LogP contribution < -0.4 is 5.32 Å². The number of rotatable bonds is 4. The van der Waals surface area contributed by atoms with Crippen LogP contribution in [0.5, 0.6) is 0 Å². The maximum Gasteiger partial charge on any atom is 0.244 e. The lowest BCUT2D eigenvalue weighted by molar-refractivity contribution is 0.258. The molecule has 1 aromatic heterocycles. The molecule has 1 saturated heterocycles. The molecule has 1 fully saturated rings. The summed E-state index contributed by atoms with van der Waals surface area (Å²) in [7, 11) is -1.69. The lowest BCUT2D eigenvalue weighted by Crippen LogP contribution is -2.49. The van der Waals surface area contributed by atoms with Crippen LogP contribution in [0, 0.1) is 0 Å². The van der Waals surface area contributed by atoms with E-state index in [0.29, 0.717) is 24.5 Å². The van der Waals surface area contributed by atoms with Gasteiger partial charge >= 0.3 is 0 Å². The average Bonchev–Trinajstić information content (AvgIpc) is 3.00. The van der Waals surface area contributed by atoms with E-state index in [-0.39, 0.29) is 18.4 Å². The molecule has 9 heteroatoms. The molecule has 2 heterocycles. The van der Waals surface area contributed by atoms with Crippen molar-refractivity contribution in [1.82, 2.24) is 19.2 Å². The van der Waals surface area contributed by atoms with Gasteiger partial charge in [-0.1, -0.05) is 12.1 Å². The minimum Gasteiger partial charge on any atom is -0.337 e. The first kappa shape index (κ1) is 19.3. The monoisotopic (exact) mass is 388 g/mol. The van der Waals surface area contributed by atoms with Crippen LogP contribution in [0.3, 0.4) is 0 Å². The van der Waals surface area contributed by atoms with Gasteiger partial charge in [0.15, 0.2) is 0 Å². The summed E-state index contributed by atoms with van der Waals surface area (Å²) in [4.78, 5) is 5.49. The molecule has 1 atom stereocenters. The molecule has 0 radical (unpaired) electrons. The number of hydrogen-bond donors (Lipinski definition) is 1. The van der Waals surface area contributed by atoms with Gasteiger partial charge in [0.1, 0.15) is 5.82 Å². The zero-order valence-corrected chi connectivity index (χ0v) is 16.0. The fourth-order valence-corrected chi connectivity index (χ4v) is 5.56. The molecule has 0 aliphatic carbocycles. The molecule has 132 valence electrons. The van der Waals surface area contributed by atoms with Crippen LogP contribution in [0.15, 0.2) is 46.5 Å². The van der Waals surface area contributed by atoms with Crippen LogP contribution in [0.2, 0.25) is 0 Å². The van der Waals surface area contributed by atoms with Gasteiger partial charge in [0.25, 0.3) is 0 Å². The molecule has 3 rings (SSSR count). The van der Waals surface area contributed by atoms with Crippen LogP contribution in [-0.4, -0.2) is 48.2 Å². The fraction of sp³-hybridized carbons (Fsp3) is 0.400. The summed E-state index contributed by atoms with van der Waals surface area (Å²) in [5.41, 5.74) is 0. The lowest BCUT2D eigenvalue weighted by atomic mass is 10.2. The van der Waals surface area contributed by atoms with E-state index in [4.69, 9.17) is 0 Å². The van der Waals surface area contributed by atoms with Gasteiger partial charge in [-0.3, -0.25) is 0 Å². The number of benzene rings is 1. The van der Waals surface area contributed by atoms with Crippen molar-refractivity contribution in [2.24, 2.45) is 7.05 Å². The van der Waals surface area contributed by atoms with Crippen molar-refractivity contribution in [3.8, 4) is 0 Å². The second-order valence-corrected chi connectivity index (χ2v) is 8.09. The topological polar surface area (TPSA) is 67.2 Å². The molecular formula is C15H21ClN4O2S2. The van der Waals surface area contributed by atoms with Gasteiger partial charge in [-0.05, 0) is 18.4 Å². The summed E-state index contributed by atoms with van der Waals surface area (Å²) >= 11 is 1.45. The minimum absolute atomic E-state index is 0. The third-order valence-corrected chi connectivity index (χ3v) is 6.90. The van der Waals surface area contributed by atoms with Crippen molar-refractivity contribution in [2.75, 3.05) is 25.9 Å². The van der Waals surface area contributed by atoms with E-state index in [2.05, 4.69) is 10.3 Å². The first-order valence-electron chi connectivity index (χ1n) is 7.38. The van der Waals surface area contributed by atoms with E-state index in [1.165, 1.54) is 11.8 Å². The van der Waals surface area contributed by atoms with Crippen molar-refractivity contribution in [2.45, 2.75) is 15.8 Å². The third kappa shape index (κ3) is 3.48. The van der Waals surface area contributed by atoms with Crippen LogP contribution in [0.1, 0.15) is 11.9 Å². The largest absolute Gasteiger partial charge is 0.337 e. The van der Waals surface area contributed by atoms with Crippen molar-refractivity contribution in [1.29, 1.82) is 0 Å². The lowest BCUT2D eigenvalue weighted by Gasteiger charge is -2.35. The number of imidazole rings is 1. The molecule has 1 unspecified atom stereocenters. The van der Waals surface area contributed by atoms with Gasteiger partial charge in [-0.25, -0.2) is 13.4 Å². The number of sulfonamides is 1. The Hall–Kier alpha value is -1.06. The molecule has 0 bridgehead atoms. The SMILES string of the molecule is CSc1ccccc1S(=O)(=O)N1CCNCC1c1nccn1C.Cl. The van der Waals surface area contributed by atoms with Gasteiger partial charge in [0.05, 0.1) is 10.9 Å². The average molecular weight is 389 g/mol. The predicted octanol–water partition coefficient (Wildman–Crippen LogP) is 1.90. The number of piperazine rings is 1. The summed E-state index contributed by atoms with van der Waals surface area (Å²) in [5, 5.41) is 3.27. The fourth-order valence-electron chi connectivity index (χ4n) is 2.85. The molecule has 6 nitrogen and oxygen atoms in total. The van der Waals surface area contributed by atoms with E-state index in [0.717, 1.165) is 10.7 Å². The second kappa shape index (κ2) is 7.88. The Morgan fingerprint density at radius 1 is 1.33 bits per heavy atom. The smallest absolute Gasteiger partial charge is 0.244 e. The Morgan fingerprint density at radius 2 is 2.08 bits per heavy atom. The van der Waals surface area contributed by atoms with Crippen molar-refractivity contribution < 1.29 is 8.42 Å². The number of aryl methyl sites for hydroxylation is 1. The summed E-state index contributed by atoms with van der Waals surface area (Å²) in [5.74, 6) is 0.752.